The first-order valence-corrected chi connectivity index (χ1v) is 14.6. The van der Waals surface area contributed by atoms with E-state index in [1.165, 1.54) is 44.9 Å². The summed E-state index contributed by atoms with van der Waals surface area (Å²) < 4.78 is 21.6. The molecule has 1 heterocycles. The lowest BCUT2D eigenvalue weighted by Gasteiger charge is -2.39. The minimum atomic E-state index is -1.58. The van der Waals surface area contributed by atoms with Crippen LogP contribution in [0.4, 0.5) is 0 Å². The van der Waals surface area contributed by atoms with Crippen LogP contribution in [0.5, 0.6) is 0 Å². The van der Waals surface area contributed by atoms with Gasteiger partial charge in [0.25, 0.3) is 0 Å². The molecule has 6 atom stereocenters. The van der Waals surface area contributed by atoms with E-state index in [0.717, 1.165) is 25.7 Å². The summed E-state index contributed by atoms with van der Waals surface area (Å²) in [6.45, 7) is 3.10. The molecule has 224 valence electrons. The topological polar surface area (TPSA) is 152 Å². The molecule has 1 saturated heterocycles. The molecule has 4 N–H and O–H groups in total. The number of carbonyl (C=O) groups excluding carboxylic acids is 2. The maximum atomic E-state index is 12.4. The molecule has 0 saturated carbocycles. The van der Waals surface area contributed by atoms with E-state index in [0.29, 0.717) is 12.8 Å². The molecule has 38 heavy (non-hydrogen) atoms. The number of aliphatic hydroxyl groups is 4. The Bertz CT molecular complexity index is 614. The van der Waals surface area contributed by atoms with Gasteiger partial charge in [0, 0.05) is 12.8 Å². The Morgan fingerprint density at radius 2 is 1.26 bits per heavy atom. The van der Waals surface area contributed by atoms with Crippen molar-refractivity contribution in [2.24, 2.45) is 0 Å². The van der Waals surface area contributed by atoms with Gasteiger partial charge in [-0.1, -0.05) is 84.5 Å². The second-order valence-electron chi connectivity index (χ2n) is 10.2. The zero-order chi connectivity index (χ0) is 28.2. The Morgan fingerprint density at radius 3 is 1.84 bits per heavy atom. The first-order valence-electron chi connectivity index (χ1n) is 14.6. The minimum absolute atomic E-state index is 0.218. The third-order valence-electron chi connectivity index (χ3n) is 6.74. The van der Waals surface area contributed by atoms with Gasteiger partial charge in [-0.05, 0) is 12.8 Å². The predicted octanol–water partition coefficient (Wildman–Crippen LogP) is 3.15. The van der Waals surface area contributed by atoms with E-state index in [9.17, 15) is 30.0 Å². The Balaban J connectivity index is 2.42. The van der Waals surface area contributed by atoms with E-state index < -0.39 is 55.4 Å². The normalized spacial score (nSPS) is 24.2. The van der Waals surface area contributed by atoms with Crippen LogP contribution in [-0.2, 0) is 28.5 Å². The van der Waals surface area contributed by atoms with Crippen molar-refractivity contribution < 1.29 is 49.0 Å². The van der Waals surface area contributed by atoms with Gasteiger partial charge in [-0.25, -0.2) is 0 Å². The van der Waals surface area contributed by atoms with E-state index in [1.807, 2.05) is 6.92 Å². The number of aliphatic hydroxyl groups excluding tert-OH is 4. The van der Waals surface area contributed by atoms with E-state index in [-0.39, 0.29) is 26.1 Å². The fraction of sp³-hybridized carbons (Fsp3) is 0.929. The first-order chi connectivity index (χ1) is 18.3. The van der Waals surface area contributed by atoms with Crippen LogP contribution in [-0.4, -0.2) is 89.0 Å². The van der Waals surface area contributed by atoms with Gasteiger partial charge in [0.15, 0.2) is 12.4 Å². The lowest BCUT2D eigenvalue weighted by atomic mass is 9.99. The quantitative estimate of drug-likeness (QED) is 0.117. The zero-order valence-corrected chi connectivity index (χ0v) is 23.4. The summed E-state index contributed by atoms with van der Waals surface area (Å²) in [6.07, 6.45) is 6.78. The molecule has 0 amide bonds. The van der Waals surface area contributed by atoms with Crippen molar-refractivity contribution in [1.82, 2.24) is 0 Å². The van der Waals surface area contributed by atoms with Crippen LogP contribution in [0.15, 0.2) is 0 Å². The van der Waals surface area contributed by atoms with Crippen LogP contribution in [0.1, 0.15) is 110 Å². The molecule has 0 spiro atoms. The van der Waals surface area contributed by atoms with Crippen LogP contribution >= 0.6 is 0 Å². The maximum absolute atomic E-state index is 12.4. The highest BCUT2D eigenvalue weighted by Gasteiger charge is 2.44. The van der Waals surface area contributed by atoms with E-state index in [2.05, 4.69) is 6.92 Å². The molecule has 0 radical (unpaired) electrons. The third kappa shape index (κ3) is 14.7. The van der Waals surface area contributed by atoms with Crippen molar-refractivity contribution in [3.8, 4) is 0 Å². The molecule has 10 nitrogen and oxygen atoms in total. The molecule has 1 rings (SSSR count). The van der Waals surface area contributed by atoms with Gasteiger partial charge >= 0.3 is 11.9 Å². The Kier molecular flexibility index (Phi) is 19.7. The lowest BCUT2D eigenvalue weighted by Crippen LogP contribution is -2.59. The molecule has 0 aromatic heterocycles. The summed E-state index contributed by atoms with van der Waals surface area (Å²) in [4.78, 5) is 24.4. The maximum Gasteiger partial charge on any atom is 0.306 e. The molecular weight excluding hydrogens is 496 g/mol. The minimum Gasteiger partial charge on any atom is -0.462 e. The predicted molar refractivity (Wildman–Crippen MR) is 141 cm³/mol. The van der Waals surface area contributed by atoms with Gasteiger partial charge in [-0.2, -0.15) is 0 Å². The summed E-state index contributed by atoms with van der Waals surface area (Å²) in [5, 5.41) is 39.4. The molecule has 10 heteroatoms. The molecule has 0 aromatic carbocycles. The molecule has 1 aliphatic heterocycles. The molecule has 1 aliphatic rings. The van der Waals surface area contributed by atoms with Crippen molar-refractivity contribution in [2.75, 3.05) is 19.8 Å². The number of rotatable bonds is 22. The summed E-state index contributed by atoms with van der Waals surface area (Å²) in [7, 11) is 0. The van der Waals surface area contributed by atoms with Crippen LogP contribution in [0.2, 0.25) is 0 Å². The second-order valence-corrected chi connectivity index (χ2v) is 10.2. The van der Waals surface area contributed by atoms with Gasteiger partial charge in [-0.3, -0.25) is 9.59 Å². The van der Waals surface area contributed by atoms with Gasteiger partial charge < -0.3 is 39.4 Å². The summed E-state index contributed by atoms with van der Waals surface area (Å²) in [5.41, 5.74) is 0. The van der Waals surface area contributed by atoms with Gasteiger partial charge in [0.05, 0.1) is 13.2 Å². The highest BCUT2D eigenvalue weighted by atomic mass is 16.7. The van der Waals surface area contributed by atoms with Crippen molar-refractivity contribution in [3.05, 3.63) is 0 Å². The SMILES string of the molecule is CCCCCCCCCCCCCC(=O)OC(COC(=O)CCCC)COC1OC(CO)C(O)C(O)C1O. The first kappa shape index (κ1) is 34.7. The Labute approximate surface area is 228 Å². The van der Waals surface area contributed by atoms with Crippen molar-refractivity contribution in [2.45, 2.75) is 147 Å². The van der Waals surface area contributed by atoms with Crippen LogP contribution in [0, 0.1) is 0 Å². The Morgan fingerprint density at radius 1 is 0.711 bits per heavy atom. The standard InChI is InChI=1S/C28H52O10/c1-3-5-7-8-9-10-11-12-13-14-15-17-24(31)37-21(19-35-23(30)16-6-4-2)20-36-28-27(34)26(33)25(32)22(18-29)38-28/h21-22,25-29,32-34H,3-20H2,1-2H3. The smallest absolute Gasteiger partial charge is 0.306 e. The van der Waals surface area contributed by atoms with Gasteiger partial charge in [0.2, 0.25) is 0 Å². The largest absolute Gasteiger partial charge is 0.462 e. The van der Waals surface area contributed by atoms with Gasteiger partial charge in [-0.15, -0.1) is 0 Å². The molecule has 0 bridgehead atoms. The molecule has 0 aliphatic carbocycles. The highest BCUT2D eigenvalue weighted by Crippen LogP contribution is 2.22. The van der Waals surface area contributed by atoms with Crippen molar-refractivity contribution in [1.29, 1.82) is 0 Å². The summed E-state index contributed by atoms with van der Waals surface area (Å²) >= 11 is 0. The molecule has 6 unspecified atom stereocenters. The number of unbranched alkanes of at least 4 members (excludes halogenated alkanes) is 11. The van der Waals surface area contributed by atoms with E-state index in [1.54, 1.807) is 0 Å². The third-order valence-corrected chi connectivity index (χ3v) is 6.74. The second kappa shape index (κ2) is 21.5. The molecular formula is C28H52O10. The lowest BCUT2D eigenvalue weighted by molar-refractivity contribution is -0.305. The summed E-state index contributed by atoms with van der Waals surface area (Å²) in [6, 6.07) is 0. The Hall–Kier alpha value is -1.30. The van der Waals surface area contributed by atoms with Crippen LogP contribution < -0.4 is 0 Å². The number of hydrogen-bond donors (Lipinski definition) is 4. The van der Waals surface area contributed by atoms with Crippen molar-refractivity contribution in [3.63, 3.8) is 0 Å². The number of hydrogen-bond acceptors (Lipinski definition) is 10. The average molecular weight is 549 g/mol. The number of esters is 2. The van der Waals surface area contributed by atoms with Crippen molar-refractivity contribution >= 4 is 11.9 Å². The summed E-state index contributed by atoms with van der Waals surface area (Å²) in [5.74, 6) is -0.848. The van der Waals surface area contributed by atoms with E-state index in [4.69, 9.17) is 18.9 Å². The zero-order valence-electron chi connectivity index (χ0n) is 23.4. The van der Waals surface area contributed by atoms with Crippen LogP contribution in [0.3, 0.4) is 0 Å². The molecule has 0 aromatic rings. The highest BCUT2D eigenvalue weighted by molar-refractivity contribution is 5.70. The number of ether oxygens (including phenoxy) is 4. The van der Waals surface area contributed by atoms with Crippen LogP contribution in [0.25, 0.3) is 0 Å². The monoisotopic (exact) mass is 548 g/mol. The molecule has 1 fully saturated rings. The fourth-order valence-corrected chi connectivity index (χ4v) is 4.28. The fourth-order valence-electron chi connectivity index (χ4n) is 4.28. The average Bonchev–Trinajstić information content (AvgIpc) is 2.91. The van der Waals surface area contributed by atoms with Gasteiger partial charge in [0.1, 0.15) is 31.0 Å². The number of carbonyl (C=O) groups is 2. The van der Waals surface area contributed by atoms with E-state index >= 15 is 0 Å².